The first-order chi connectivity index (χ1) is 8.81. The van der Waals surface area contributed by atoms with Crippen LogP contribution in [0.15, 0.2) is 29.3 Å². The molecule has 0 spiro atoms. The van der Waals surface area contributed by atoms with Crippen molar-refractivity contribution < 1.29 is 9.53 Å². The van der Waals surface area contributed by atoms with Crippen LogP contribution >= 0.6 is 0 Å². The lowest BCUT2D eigenvalue weighted by Gasteiger charge is -2.35. The van der Waals surface area contributed by atoms with Gasteiger partial charge in [0.15, 0.2) is 5.78 Å². The first kappa shape index (κ1) is 13.8. The van der Waals surface area contributed by atoms with Crippen molar-refractivity contribution in [2.24, 2.45) is 10.4 Å². The molecule has 0 N–H and O–H groups in total. The van der Waals surface area contributed by atoms with E-state index in [4.69, 9.17) is 9.73 Å². The van der Waals surface area contributed by atoms with Crippen LogP contribution in [0.2, 0.25) is 0 Å². The molecule has 102 valence electrons. The molecule has 2 rings (SSSR count). The fraction of sp³-hybridized carbons (Fsp3) is 0.500. The van der Waals surface area contributed by atoms with Crippen LogP contribution in [0, 0.1) is 5.41 Å². The van der Waals surface area contributed by atoms with Gasteiger partial charge in [-0.3, -0.25) is 4.79 Å². The number of carbonyl (C=O) groups excluding carboxylic acids is 1. The van der Waals surface area contributed by atoms with Gasteiger partial charge in [0.2, 0.25) is 5.90 Å². The molecule has 0 fully saturated rings. The van der Waals surface area contributed by atoms with Crippen molar-refractivity contribution in [2.75, 3.05) is 6.61 Å². The molecule has 1 aliphatic heterocycles. The summed E-state index contributed by atoms with van der Waals surface area (Å²) in [4.78, 5) is 17.5. The van der Waals surface area contributed by atoms with E-state index in [1.807, 2.05) is 58.9 Å². The van der Waals surface area contributed by atoms with Gasteiger partial charge in [0, 0.05) is 11.1 Å². The van der Waals surface area contributed by atoms with Gasteiger partial charge in [-0.05, 0) is 26.8 Å². The second kappa shape index (κ2) is 4.48. The second-order valence-corrected chi connectivity index (χ2v) is 5.91. The molecule has 3 heteroatoms. The van der Waals surface area contributed by atoms with Gasteiger partial charge in [-0.15, -0.1) is 0 Å². The summed E-state index contributed by atoms with van der Waals surface area (Å²) in [6.45, 7) is 10.3. The van der Waals surface area contributed by atoms with E-state index in [1.165, 1.54) is 0 Å². The van der Waals surface area contributed by atoms with Crippen LogP contribution in [-0.2, 0) is 4.74 Å². The van der Waals surface area contributed by atoms with Crippen molar-refractivity contribution in [3.8, 4) is 0 Å². The highest BCUT2D eigenvalue weighted by molar-refractivity contribution is 6.12. The Morgan fingerprint density at radius 1 is 1.11 bits per heavy atom. The highest BCUT2D eigenvalue weighted by atomic mass is 16.5. The number of Topliss-reactive ketones (excluding diaryl/α,β-unsaturated/α-hetero) is 1. The Kier molecular flexibility index (Phi) is 3.25. The van der Waals surface area contributed by atoms with Crippen molar-refractivity contribution in [3.05, 3.63) is 35.4 Å². The highest BCUT2D eigenvalue weighted by Crippen LogP contribution is 2.40. The number of aliphatic imine (C=N–C) groups is 1. The molecule has 0 saturated carbocycles. The summed E-state index contributed by atoms with van der Waals surface area (Å²) in [5, 5.41) is 0. The number of nitrogens with zero attached hydrogens (tertiary/aromatic N) is 1. The van der Waals surface area contributed by atoms with E-state index >= 15 is 0 Å². The maximum Gasteiger partial charge on any atom is 0.217 e. The Bertz CT molecular complexity index is 541. The normalized spacial score (nSPS) is 20.3. The molecule has 0 amide bonds. The zero-order valence-corrected chi connectivity index (χ0v) is 12.3. The largest absolute Gasteiger partial charge is 0.478 e. The van der Waals surface area contributed by atoms with Gasteiger partial charge in [0.25, 0.3) is 0 Å². The summed E-state index contributed by atoms with van der Waals surface area (Å²) in [5.41, 5.74) is 0.425. The molecule has 1 aromatic carbocycles. The van der Waals surface area contributed by atoms with Crippen molar-refractivity contribution >= 4 is 11.7 Å². The topological polar surface area (TPSA) is 38.7 Å². The fourth-order valence-corrected chi connectivity index (χ4v) is 2.18. The van der Waals surface area contributed by atoms with Crippen LogP contribution in [0.3, 0.4) is 0 Å². The molecule has 19 heavy (non-hydrogen) atoms. The number of ketones is 1. The minimum absolute atomic E-state index is 0.117. The Labute approximate surface area is 114 Å². The summed E-state index contributed by atoms with van der Waals surface area (Å²) in [6, 6.07) is 7.55. The molecule has 1 aromatic rings. The zero-order valence-electron chi connectivity index (χ0n) is 12.3. The van der Waals surface area contributed by atoms with E-state index in [2.05, 4.69) is 0 Å². The van der Waals surface area contributed by atoms with Gasteiger partial charge in [-0.1, -0.05) is 32.0 Å². The van der Waals surface area contributed by atoms with E-state index in [-0.39, 0.29) is 5.78 Å². The fourth-order valence-electron chi connectivity index (χ4n) is 2.18. The SMILES string of the molecule is CCOC1=NC(C)(C)C(C)(C)C(=O)c2ccccc21. The quantitative estimate of drug-likeness (QED) is 0.774. The molecule has 0 bridgehead atoms. The summed E-state index contributed by atoms with van der Waals surface area (Å²) >= 11 is 0. The Morgan fingerprint density at radius 3 is 2.26 bits per heavy atom. The molecular weight excluding hydrogens is 238 g/mol. The number of rotatable bonds is 1. The number of fused-ring (bicyclic) bond motifs is 1. The number of carbonyl (C=O) groups is 1. The standard InChI is InChI=1S/C16H21NO2/c1-6-19-14-12-10-8-7-9-11(12)13(18)15(2,3)16(4,5)17-14/h7-10H,6H2,1-5H3. The van der Waals surface area contributed by atoms with Gasteiger partial charge in [0.1, 0.15) is 0 Å². The van der Waals surface area contributed by atoms with E-state index in [0.29, 0.717) is 18.1 Å². The first-order valence-corrected chi connectivity index (χ1v) is 6.68. The molecule has 0 aliphatic carbocycles. The van der Waals surface area contributed by atoms with E-state index in [9.17, 15) is 4.79 Å². The maximum absolute atomic E-state index is 12.8. The predicted molar refractivity (Wildman–Crippen MR) is 76.8 cm³/mol. The number of hydrogen-bond donors (Lipinski definition) is 0. The average Bonchev–Trinajstić information content (AvgIpc) is 2.41. The van der Waals surface area contributed by atoms with Crippen molar-refractivity contribution in [1.29, 1.82) is 0 Å². The van der Waals surface area contributed by atoms with Gasteiger partial charge in [-0.2, -0.15) is 0 Å². The molecular formula is C16H21NO2. The number of ether oxygens (including phenoxy) is 1. The zero-order chi connectivity index (χ0) is 14.3. The summed E-state index contributed by atoms with van der Waals surface area (Å²) in [5.74, 6) is 0.688. The van der Waals surface area contributed by atoms with Crippen LogP contribution < -0.4 is 0 Å². The first-order valence-electron chi connectivity index (χ1n) is 6.68. The Hall–Kier alpha value is -1.64. The third-order valence-corrected chi connectivity index (χ3v) is 4.16. The smallest absolute Gasteiger partial charge is 0.217 e. The van der Waals surface area contributed by atoms with Crippen LogP contribution in [0.4, 0.5) is 0 Å². The van der Waals surface area contributed by atoms with Crippen LogP contribution in [0.5, 0.6) is 0 Å². The second-order valence-electron chi connectivity index (χ2n) is 5.91. The Balaban J connectivity index is 2.71. The minimum atomic E-state index is -0.568. The van der Waals surface area contributed by atoms with Crippen LogP contribution in [0.25, 0.3) is 0 Å². The van der Waals surface area contributed by atoms with Crippen LogP contribution in [-0.4, -0.2) is 23.8 Å². The van der Waals surface area contributed by atoms with Gasteiger partial charge in [-0.25, -0.2) is 4.99 Å². The highest BCUT2D eigenvalue weighted by Gasteiger charge is 2.46. The van der Waals surface area contributed by atoms with Gasteiger partial charge < -0.3 is 4.74 Å². The molecule has 3 nitrogen and oxygen atoms in total. The number of benzene rings is 1. The van der Waals surface area contributed by atoms with Gasteiger partial charge >= 0.3 is 0 Å². The molecule has 1 aliphatic rings. The number of hydrogen-bond acceptors (Lipinski definition) is 3. The average molecular weight is 259 g/mol. The van der Waals surface area contributed by atoms with Gasteiger partial charge in [0.05, 0.1) is 17.6 Å². The lowest BCUT2D eigenvalue weighted by molar-refractivity contribution is 0.0740. The van der Waals surface area contributed by atoms with E-state index < -0.39 is 11.0 Å². The van der Waals surface area contributed by atoms with Crippen LogP contribution in [0.1, 0.15) is 50.5 Å². The summed E-state index contributed by atoms with van der Waals surface area (Å²) in [6.07, 6.45) is 0. The predicted octanol–water partition coefficient (Wildman–Crippen LogP) is 3.47. The third-order valence-electron chi connectivity index (χ3n) is 4.16. The lowest BCUT2D eigenvalue weighted by atomic mass is 9.70. The van der Waals surface area contributed by atoms with Crippen molar-refractivity contribution in [2.45, 2.75) is 40.2 Å². The molecule has 0 aromatic heterocycles. The molecule has 0 unspecified atom stereocenters. The van der Waals surface area contributed by atoms with E-state index in [1.54, 1.807) is 0 Å². The minimum Gasteiger partial charge on any atom is -0.478 e. The van der Waals surface area contributed by atoms with E-state index in [0.717, 1.165) is 5.56 Å². The third kappa shape index (κ3) is 2.07. The monoisotopic (exact) mass is 259 g/mol. The molecule has 1 heterocycles. The molecule has 0 radical (unpaired) electrons. The maximum atomic E-state index is 12.8. The van der Waals surface area contributed by atoms with Crippen molar-refractivity contribution in [1.82, 2.24) is 0 Å². The Morgan fingerprint density at radius 2 is 1.68 bits per heavy atom. The summed E-state index contributed by atoms with van der Waals surface area (Å²) in [7, 11) is 0. The van der Waals surface area contributed by atoms with Crippen molar-refractivity contribution in [3.63, 3.8) is 0 Å². The summed E-state index contributed by atoms with van der Waals surface area (Å²) < 4.78 is 5.66. The molecule has 0 atom stereocenters. The lowest BCUT2D eigenvalue weighted by Crippen LogP contribution is -2.43. The molecule has 0 saturated heterocycles.